The standard InChI is InChI=1S/C23H40N6O.HI/c1-3-24-23(26-13-18-30-21-10-6-4-5-7-11-21)27-19-20-9-8-12-25-22(20)29-16-14-28(2)15-17-29;/h8-9,12,21H,3-7,10-11,13-19H2,1-2H3,(H2,24,26,27);1H. The quantitative estimate of drug-likeness (QED) is 0.172. The number of pyridine rings is 1. The van der Waals surface area contributed by atoms with Crippen LogP contribution < -0.4 is 15.5 Å². The fraction of sp³-hybridized carbons (Fsp3) is 0.739. The van der Waals surface area contributed by atoms with Crippen molar-refractivity contribution in [3.05, 3.63) is 23.9 Å². The Morgan fingerprint density at radius 2 is 1.87 bits per heavy atom. The Kier molecular flexibility index (Phi) is 12.5. The van der Waals surface area contributed by atoms with Gasteiger partial charge in [-0.2, -0.15) is 0 Å². The molecule has 2 heterocycles. The lowest BCUT2D eigenvalue weighted by atomic mass is 10.1. The first kappa shape index (κ1) is 26.1. The molecular weight excluding hydrogens is 503 g/mol. The fourth-order valence-electron chi connectivity index (χ4n) is 4.17. The summed E-state index contributed by atoms with van der Waals surface area (Å²) in [5, 5.41) is 6.77. The molecule has 31 heavy (non-hydrogen) atoms. The number of aromatic nitrogens is 1. The van der Waals surface area contributed by atoms with Crippen LogP contribution in [0.1, 0.15) is 51.0 Å². The Labute approximate surface area is 205 Å². The third-order valence-corrected chi connectivity index (χ3v) is 5.97. The van der Waals surface area contributed by atoms with Gasteiger partial charge in [-0.3, -0.25) is 0 Å². The van der Waals surface area contributed by atoms with Crippen molar-refractivity contribution < 1.29 is 4.74 Å². The van der Waals surface area contributed by atoms with Crippen LogP contribution in [0.15, 0.2) is 23.3 Å². The average Bonchev–Trinajstić information content (AvgIpc) is 3.05. The Balaban J connectivity index is 0.00000341. The van der Waals surface area contributed by atoms with E-state index in [9.17, 15) is 0 Å². The smallest absolute Gasteiger partial charge is 0.191 e. The molecule has 1 aromatic heterocycles. The molecule has 0 amide bonds. The number of ether oxygens (including phenoxy) is 1. The minimum atomic E-state index is 0. The normalized spacial score (nSPS) is 18.9. The third kappa shape index (κ3) is 9.10. The van der Waals surface area contributed by atoms with Crippen LogP contribution in [0.2, 0.25) is 0 Å². The molecule has 1 saturated heterocycles. The number of nitrogens with zero attached hydrogens (tertiary/aromatic N) is 4. The van der Waals surface area contributed by atoms with E-state index in [1.807, 2.05) is 12.3 Å². The highest BCUT2D eigenvalue weighted by atomic mass is 127. The molecule has 176 valence electrons. The molecule has 1 aromatic rings. The van der Waals surface area contributed by atoms with Crippen molar-refractivity contribution in [3.63, 3.8) is 0 Å². The molecule has 2 fully saturated rings. The molecule has 2 aliphatic rings. The predicted molar refractivity (Wildman–Crippen MR) is 140 cm³/mol. The van der Waals surface area contributed by atoms with E-state index in [0.29, 0.717) is 12.6 Å². The van der Waals surface area contributed by atoms with Gasteiger partial charge in [-0.1, -0.05) is 31.7 Å². The van der Waals surface area contributed by atoms with Gasteiger partial charge in [0, 0.05) is 51.0 Å². The van der Waals surface area contributed by atoms with E-state index in [-0.39, 0.29) is 24.0 Å². The van der Waals surface area contributed by atoms with Crippen molar-refractivity contribution >= 4 is 35.8 Å². The van der Waals surface area contributed by atoms with E-state index >= 15 is 0 Å². The molecule has 0 bridgehead atoms. The number of hydrogen-bond acceptors (Lipinski definition) is 5. The summed E-state index contributed by atoms with van der Waals surface area (Å²) in [6.07, 6.45) is 10.1. The summed E-state index contributed by atoms with van der Waals surface area (Å²) in [7, 11) is 2.18. The summed E-state index contributed by atoms with van der Waals surface area (Å²) in [5.74, 6) is 1.91. The topological polar surface area (TPSA) is 65.0 Å². The van der Waals surface area contributed by atoms with Gasteiger partial charge >= 0.3 is 0 Å². The van der Waals surface area contributed by atoms with E-state index < -0.39 is 0 Å². The molecule has 1 aliphatic carbocycles. The maximum Gasteiger partial charge on any atom is 0.191 e. The molecule has 8 heteroatoms. The number of guanidine groups is 1. The Bertz CT molecular complexity index is 643. The number of aliphatic imine (C=N–C) groups is 1. The van der Waals surface area contributed by atoms with Gasteiger partial charge in [0.2, 0.25) is 0 Å². The van der Waals surface area contributed by atoms with Crippen LogP contribution in [0, 0.1) is 0 Å². The summed E-state index contributed by atoms with van der Waals surface area (Å²) in [6, 6.07) is 4.15. The maximum atomic E-state index is 6.10. The first-order valence-corrected chi connectivity index (χ1v) is 11.8. The van der Waals surface area contributed by atoms with Crippen molar-refractivity contribution in [2.24, 2.45) is 4.99 Å². The van der Waals surface area contributed by atoms with E-state index in [4.69, 9.17) is 9.73 Å². The van der Waals surface area contributed by atoms with Gasteiger partial charge in [0.05, 0.1) is 19.3 Å². The fourth-order valence-corrected chi connectivity index (χ4v) is 4.17. The highest BCUT2D eigenvalue weighted by molar-refractivity contribution is 14.0. The molecule has 0 aromatic carbocycles. The van der Waals surface area contributed by atoms with Gasteiger partial charge in [0.15, 0.2) is 5.96 Å². The lowest BCUT2D eigenvalue weighted by molar-refractivity contribution is 0.0468. The van der Waals surface area contributed by atoms with E-state index in [1.165, 1.54) is 44.1 Å². The van der Waals surface area contributed by atoms with Gasteiger partial charge in [0.25, 0.3) is 0 Å². The van der Waals surface area contributed by atoms with Gasteiger partial charge in [-0.25, -0.2) is 9.98 Å². The van der Waals surface area contributed by atoms with Gasteiger partial charge in [-0.15, -0.1) is 24.0 Å². The predicted octanol–water partition coefficient (Wildman–Crippen LogP) is 3.25. The molecule has 3 rings (SSSR count). The molecule has 1 aliphatic heterocycles. The molecule has 0 spiro atoms. The number of hydrogen-bond donors (Lipinski definition) is 2. The summed E-state index contributed by atoms with van der Waals surface area (Å²) < 4.78 is 6.10. The Morgan fingerprint density at radius 1 is 1.13 bits per heavy atom. The van der Waals surface area contributed by atoms with E-state index in [0.717, 1.165) is 57.7 Å². The highest BCUT2D eigenvalue weighted by Crippen LogP contribution is 2.20. The number of piperazine rings is 1. The van der Waals surface area contributed by atoms with Crippen LogP contribution in [-0.4, -0.2) is 74.9 Å². The van der Waals surface area contributed by atoms with E-state index in [1.54, 1.807) is 0 Å². The largest absolute Gasteiger partial charge is 0.376 e. The minimum absolute atomic E-state index is 0. The van der Waals surface area contributed by atoms with Crippen LogP contribution in [0.5, 0.6) is 0 Å². The number of halogens is 1. The Morgan fingerprint density at radius 3 is 2.58 bits per heavy atom. The number of rotatable bonds is 8. The zero-order chi connectivity index (χ0) is 21.0. The molecule has 0 unspecified atom stereocenters. The Hall–Kier alpha value is -1.13. The molecule has 1 saturated carbocycles. The summed E-state index contributed by atoms with van der Waals surface area (Å²) in [4.78, 5) is 14.2. The van der Waals surface area contributed by atoms with Crippen molar-refractivity contribution in [1.29, 1.82) is 0 Å². The van der Waals surface area contributed by atoms with Gasteiger partial charge in [-0.05, 0) is 32.9 Å². The summed E-state index contributed by atoms with van der Waals surface area (Å²) in [6.45, 7) is 9.24. The van der Waals surface area contributed by atoms with Crippen molar-refractivity contribution in [3.8, 4) is 0 Å². The van der Waals surface area contributed by atoms with Crippen LogP contribution >= 0.6 is 24.0 Å². The first-order chi connectivity index (χ1) is 14.8. The van der Waals surface area contributed by atoms with Crippen LogP contribution in [0.4, 0.5) is 5.82 Å². The van der Waals surface area contributed by atoms with Crippen LogP contribution in [0.25, 0.3) is 0 Å². The molecule has 0 atom stereocenters. The lowest BCUT2D eigenvalue weighted by Crippen LogP contribution is -2.45. The lowest BCUT2D eigenvalue weighted by Gasteiger charge is -2.34. The highest BCUT2D eigenvalue weighted by Gasteiger charge is 2.18. The number of anilines is 1. The molecule has 0 radical (unpaired) electrons. The molecular formula is C23H41IN6O. The molecule has 2 N–H and O–H groups in total. The maximum absolute atomic E-state index is 6.10. The second kappa shape index (κ2) is 14.8. The number of nitrogens with one attached hydrogen (secondary N) is 2. The van der Waals surface area contributed by atoms with Crippen molar-refractivity contribution in [2.75, 3.05) is 57.8 Å². The first-order valence-electron chi connectivity index (χ1n) is 11.8. The average molecular weight is 545 g/mol. The SMILES string of the molecule is CCNC(=NCc1cccnc1N1CCN(C)CC1)NCCOC1CCCCCC1.I. The third-order valence-electron chi connectivity index (χ3n) is 5.97. The summed E-state index contributed by atoms with van der Waals surface area (Å²) >= 11 is 0. The molecule has 7 nitrogen and oxygen atoms in total. The van der Waals surface area contributed by atoms with Gasteiger partial charge in [0.1, 0.15) is 5.82 Å². The van der Waals surface area contributed by atoms with Crippen molar-refractivity contribution in [1.82, 2.24) is 20.5 Å². The van der Waals surface area contributed by atoms with E-state index in [2.05, 4.69) is 45.5 Å². The van der Waals surface area contributed by atoms with Gasteiger partial charge < -0.3 is 25.2 Å². The minimum Gasteiger partial charge on any atom is -0.376 e. The van der Waals surface area contributed by atoms with Crippen LogP contribution in [-0.2, 0) is 11.3 Å². The second-order valence-corrected chi connectivity index (χ2v) is 8.38. The van der Waals surface area contributed by atoms with Crippen LogP contribution in [0.3, 0.4) is 0 Å². The zero-order valence-electron chi connectivity index (χ0n) is 19.3. The second-order valence-electron chi connectivity index (χ2n) is 8.38. The number of likely N-dealkylation sites (N-methyl/N-ethyl adjacent to an activating group) is 1. The van der Waals surface area contributed by atoms with Crippen molar-refractivity contribution in [2.45, 2.75) is 58.1 Å². The monoisotopic (exact) mass is 544 g/mol. The zero-order valence-corrected chi connectivity index (χ0v) is 21.6. The summed E-state index contributed by atoms with van der Waals surface area (Å²) in [5.41, 5.74) is 1.17.